The highest BCUT2D eigenvalue weighted by Gasteiger charge is 2.22. The summed E-state index contributed by atoms with van der Waals surface area (Å²) < 4.78 is 1.42. The minimum atomic E-state index is -0.789. The van der Waals surface area contributed by atoms with E-state index in [-0.39, 0.29) is 11.4 Å². The second-order valence-electron chi connectivity index (χ2n) is 3.94. The molecular weight excluding hydrogens is 268 g/mol. The van der Waals surface area contributed by atoms with Gasteiger partial charge in [-0.05, 0) is 0 Å². The zero-order chi connectivity index (χ0) is 14.9. The van der Waals surface area contributed by atoms with E-state index in [2.05, 4.69) is 4.98 Å². The Labute approximate surface area is 111 Å². The van der Waals surface area contributed by atoms with Crippen LogP contribution in [-0.4, -0.2) is 25.2 Å². The Balaban J connectivity index is 2.56. The zero-order valence-electron chi connectivity index (χ0n) is 10.2. The molecule has 1 aromatic carbocycles. The number of non-ortho nitro benzene ring substituents is 2. The lowest BCUT2D eigenvalue weighted by Gasteiger charge is -2.02. The fraction of sp³-hybridized carbons (Fsp3) is 0.0909. The number of nitro benzene ring substituents is 2. The summed E-state index contributed by atoms with van der Waals surface area (Å²) in [4.78, 5) is 35.9. The fourth-order valence-electron chi connectivity index (χ4n) is 1.65. The van der Waals surface area contributed by atoms with Gasteiger partial charge in [0.15, 0.2) is 5.82 Å². The number of nitrogens with zero attached hydrogens (tertiary/aromatic N) is 4. The van der Waals surface area contributed by atoms with Crippen molar-refractivity contribution in [2.45, 2.75) is 0 Å². The molecule has 0 aliphatic heterocycles. The molecule has 0 spiro atoms. The van der Waals surface area contributed by atoms with Crippen molar-refractivity contribution in [2.75, 3.05) is 0 Å². The van der Waals surface area contributed by atoms with E-state index in [0.717, 1.165) is 18.2 Å². The van der Waals surface area contributed by atoms with Crippen LogP contribution < -0.4 is 0 Å². The van der Waals surface area contributed by atoms with Gasteiger partial charge in [0.25, 0.3) is 11.4 Å². The summed E-state index contributed by atoms with van der Waals surface area (Å²) in [5, 5.41) is 21.5. The summed E-state index contributed by atoms with van der Waals surface area (Å²) in [6, 6.07) is 2.78. The van der Waals surface area contributed by atoms with E-state index < -0.39 is 27.0 Å². The Hall–Kier alpha value is -3.10. The SMILES string of the molecule is Cn1ccnc1C(=O)c1cc([N+](=O)[O-])cc([N+](=O)[O-])c1. The smallest absolute Gasteiger partial charge is 0.277 e. The van der Waals surface area contributed by atoms with E-state index in [4.69, 9.17) is 0 Å². The van der Waals surface area contributed by atoms with Crippen LogP contribution in [0.25, 0.3) is 0 Å². The molecule has 1 heterocycles. The van der Waals surface area contributed by atoms with Crippen molar-refractivity contribution < 1.29 is 14.6 Å². The molecule has 2 rings (SSSR count). The van der Waals surface area contributed by atoms with Crippen LogP contribution in [0.3, 0.4) is 0 Å². The number of carbonyl (C=O) groups is 1. The van der Waals surface area contributed by atoms with Crippen LogP contribution in [-0.2, 0) is 7.05 Å². The molecule has 20 heavy (non-hydrogen) atoms. The normalized spacial score (nSPS) is 10.2. The van der Waals surface area contributed by atoms with Gasteiger partial charge in [0.05, 0.1) is 15.9 Å². The van der Waals surface area contributed by atoms with Crippen molar-refractivity contribution in [3.63, 3.8) is 0 Å². The third kappa shape index (κ3) is 2.36. The van der Waals surface area contributed by atoms with Gasteiger partial charge in [-0.15, -0.1) is 0 Å². The lowest BCUT2D eigenvalue weighted by atomic mass is 10.1. The van der Waals surface area contributed by atoms with Crippen LogP contribution in [0.5, 0.6) is 0 Å². The molecule has 9 nitrogen and oxygen atoms in total. The number of imidazole rings is 1. The molecule has 102 valence electrons. The minimum absolute atomic E-state index is 0.0415. The van der Waals surface area contributed by atoms with Gasteiger partial charge >= 0.3 is 0 Å². The van der Waals surface area contributed by atoms with Gasteiger partial charge in [0.1, 0.15) is 0 Å². The van der Waals surface area contributed by atoms with Gasteiger partial charge in [0.2, 0.25) is 5.78 Å². The van der Waals surface area contributed by atoms with Crippen molar-refractivity contribution >= 4 is 17.2 Å². The first kappa shape index (κ1) is 13.3. The van der Waals surface area contributed by atoms with Crippen LogP contribution in [0.1, 0.15) is 16.2 Å². The second kappa shape index (κ2) is 4.88. The van der Waals surface area contributed by atoms with E-state index in [1.54, 1.807) is 7.05 Å². The minimum Gasteiger partial charge on any atom is -0.331 e. The van der Waals surface area contributed by atoms with Crippen molar-refractivity contribution in [1.29, 1.82) is 0 Å². The maximum absolute atomic E-state index is 12.1. The summed E-state index contributed by atoms with van der Waals surface area (Å²) in [7, 11) is 1.58. The van der Waals surface area contributed by atoms with Gasteiger partial charge in [0, 0.05) is 37.1 Å². The summed E-state index contributed by atoms with van der Waals surface area (Å²) in [5.41, 5.74) is -1.19. The van der Waals surface area contributed by atoms with Crippen molar-refractivity contribution in [3.05, 3.63) is 62.2 Å². The predicted molar refractivity (Wildman–Crippen MR) is 66.4 cm³/mol. The summed E-state index contributed by atoms with van der Waals surface area (Å²) >= 11 is 0. The Morgan fingerprint density at radius 1 is 1.15 bits per heavy atom. The van der Waals surface area contributed by atoms with E-state index in [1.807, 2.05) is 0 Å². The quantitative estimate of drug-likeness (QED) is 0.473. The molecule has 9 heteroatoms. The van der Waals surface area contributed by atoms with Crippen LogP contribution in [0.2, 0.25) is 0 Å². The van der Waals surface area contributed by atoms with Gasteiger partial charge in [-0.2, -0.15) is 0 Å². The summed E-state index contributed by atoms with van der Waals surface area (Å²) in [6.07, 6.45) is 2.91. The molecule has 0 saturated heterocycles. The number of aryl methyl sites for hydroxylation is 1. The number of hydrogen-bond donors (Lipinski definition) is 0. The fourth-order valence-corrected chi connectivity index (χ4v) is 1.65. The number of rotatable bonds is 4. The number of nitro groups is 2. The first-order chi connectivity index (χ1) is 9.40. The number of benzene rings is 1. The average Bonchev–Trinajstić information content (AvgIpc) is 2.83. The third-order valence-electron chi connectivity index (χ3n) is 2.61. The molecule has 1 aromatic heterocycles. The molecule has 0 fully saturated rings. The lowest BCUT2D eigenvalue weighted by molar-refractivity contribution is -0.394. The largest absolute Gasteiger partial charge is 0.331 e. The van der Waals surface area contributed by atoms with Crippen molar-refractivity contribution in [1.82, 2.24) is 9.55 Å². The molecule has 0 aliphatic carbocycles. The highest BCUT2D eigenvalue weighted by molar-refractivity contribution is 6.07. The highest BCUT2D eigenvalue weighted by Crippen LogP contribution is 2.24. The molecule has 0 atom stereocenters. The Morgan fingerprint density at radius 2 is 1.70 bits per heavy atom. The molecule has 0 amide bonds. The standard InChI is InChI=1S/C11H8N4O5/c1-13-3-2-12-11(13)10(16)7-4-8(14(17)18)6-9(5-7)15(19)20/h2-6H,1H3. The highest BCUT2D eigenvalue weighted by atomic mass is 16.6. The number of ketones is 1. The van der Waals surface area contributed by atoms with Gasteiger partial charge in [-0.1, -0.05) is 0 Å². The molecule has 2 aromatic rings. The van der Waals surface area contributed by atoms with Crippen LogP contribution in [0.15, 0.2) is 30.6 Å². The lowest BCUT2D eigenvalue weighted by Crippen LogP contribution is -2.09. The van der Waals surface area contributed by atoms with Crippen molar-refractivity contribution in [3.8, 4) is 0 Å². The van der Waals surface area contributed by atoms with Crippen LogP contribution >= 0.6 is 0 Å². The molecule has 0 unspecified atom stereocenters. The molecule has 0 radical (unpaired) electrons. The maximum Gasteiger partial charge on any atom is 0.277 e. The second-order valence-corrected chi connectivity index (χ2v) is 3.94. The number of carbonyl (C=O) groups excluding carboxylic acids is 1. The van der Waals surface area contributed by atoms with Crippen LogP contribution in [0.4, 0.5) is 11.4 Å². The first-order valence-corrected chi connectivity index (χ1v) is 5.36. The molecule has 0 saturated carbocycles. The maximum atomic E-state index is 12.1. The molecule has 0 aliphatic rings. The summed E-state index contributed by atoms with van der Waals surface area (Å²) in [6.45, 7) is 0. The predicted octanol–water partition coefficient (Wildman–Crippen LogP) is 1.47. The zero-order valence-corrected chi connectivity index (χ0v) is 10.2. The monoisotopic (exact) mass is 276 g/mol. The number of aromatic nitrogens is 2. The van der Waals surface area contributed by atoms with E-state index in [0.29, 0.717) is 0 Å². The van der Waals surface area contributed by atoms with Gasteiger partial charge in [-0.3, -0.25) is 25.0 Å². The first-order valence-electron chi connectivity index (χ1n) is 5.36. The van der Waals surface area contributed by atoms with E-state index in [1.165, 1.54) is 17.0 Å². The third-order valence-corrected chi connectivity index (χ3v) is 2.61. The topological polar surface area (TPSA) is 121 Å². The summed E-state index contributed by atoms with van der Waals surface area (Å²) in [5.74, 6) is -0.580. The van der Waals surface area contributed by atoms with E-state index in [9.17, 15) is 25.0 Å². The molecular formula is C11H8N4O5. The van der Waals surface area contributed by atoms with Gasteiger partial charge < -0.3 is 4.57 Å². The molecule has 0 bridgehead atoms. The Bertz CT molecular complexity index is 689. The average molecular weight is 276 g/mol. The number of hydrogen-bond acceptors (Lipinski definition) is 6. The van der Waals surface area contributed by atoms with Gasteiger partial charge in [-0.25, -0.2) is 4.98 Å². The Morgan fingerprint density at radius 3 is 2.10 bits per heavy atom. The van der Waals surface area contributed by atoms with Crippen molar-refractivity contribution in [2.24, 2.45) is 7.05 Å². The molecule has 0 N–H and O–H groups in total. The van der Waals surface area contributed by atoms with Crippen LogP contribution in [0, 0.1) is 20.2 Å². The Kier molecular flexibility index (Phi) is 3.25. The van der Waals surface area contributed by atoms with E-state index >= 15 is 0 Å².